The van der Waals surface area contributed by atoms with Crippen molar-refractivity contribution in [3.8, 4) is 0 Å². The van der Waals surface area contributed by atoms with E-state index in [1.54, 1.807) is 0 Å². The second-order valence-corrected chi connectivity index (χ2v) is 5.11. The normalized spacial score (nSPS) is 31.7. The van der Waals surface area contributed by atoms with Crippen LogP contribution in [0.25, 0.3) is 0 Å². The number of hydrogen-bond acceptors (Lipinski definition) is 3. The van der Waals surface area contributed by atoms with Crippen molar-refractivity contribution in [1.82, 2.24) is 9.80 Å². The average molecular weight is 228 g/mol. The van der Waals surface area contributed by atoms with E-state index in [4.69, 9.17) is 0 Å². The molecule has 0 radical (unpaired) electrons. The zero-order chi connectivity index (χ0) is 10.8. The van der Waals surface area contributed by atoms with Gasteiger partial charge in [0.15, 0.2) is 0 Å². The molecule has 2 saturated heterocycles. The number of fused-ring (bicyclic) bond motifs is 1. The molecule has 2 atom stereocenters. The van der Waals surface area contributed by atoms with Gasteiger partial charge in [0.05, 0.1) is 0 Å². The van der Waals surface area contributed by atoms with Gasteiger partial charge in [-0.2, -0.15) is 12.6 Å². The van der Waals surface area contributed by atoms with Crippen molar-refractivity contribution in [2.24, 2.45) is 0 Å². The Bertz CT molecular complexity index is 247. The van der Waals surface area contributed by atoms with Gasteiger partial charge in [0.25, 0.3) is 0 Å². The molecule has 0 spiro atoms. The molecule has 1 amide bonds. The molecule has 4 heteroatoms. The molecule has 2 heterocycles. The van der Waals surface area contributed by atoms with Crippen molar-refractivity contribution in [3.63, 3.8) is 0 Å². The molecule has 2 aliphatic rings. The molecule has 0 aromatic carbocycles. The van der Waals surface area contributed by atoms with Gasteiger partial charge in [-0.3, -0.25) is 9.69 Å². The van der Waals surface area contributed by atoms with Crippen LogP contribution in [0, 0.1) is 0 Å². The van der Waals surface area contributed by atoms with Crippen molar-refractivity contribution in [3.05, 3.63) is 0 Å². The van der Waals surface area contributed by atoms with E-state index in [0.29, 0.717) is 24.3 Å². The van der Waals surface area contributed by atoms with Gasteiger partial charge in [-0.05, 0) is 32.1 Å². The lowest BCUT2D eigenvalue weighted by molar-refractivity contribution is -0.136. The Hall–Kier alpha value is -0.220. The number of rotatable bonds is 2. The average Bonchev–Trinajstić information content (AvgIpc) is 2.63. The monoisotopic (exact) mass is 228 g/mol. The Balaban J connectivity index is 1.97. The molecule has 15 heavy (non-hydrogen) atoms. The molecule has 2 aliphatic heterocycles. The van der Waals surface area contributed by atoms with Crippen LogP contribution in [0.2, 0.25) is 0 Å². The van der Waals surface area contributed by atoms with E-state index in [0.717, 1.165) is 13.1 Å². The fraction of sp³-hybridized carbons (Fsp3) is 0.909. The lowest BCUT2D eigenvalue weighted by atomic mass is 10.1. The molecule has 2 unspecified atom stereocenters. The third-order valence-corrected chi connectivity index (χ3v) is 3.81. The fourth-order valence-electron chi connectivity index (χ4n) is 2.77. The van der Waals surface area contributed by atoms with Crippen molar-refractivity contribution in [2.75, 3.05) is 25.4 Å². The number of amides is 1. The van der Waals surface area contributed by atoms with E-state index >= 15 is 0 Å². The first-order chi connectivity index (χ1) is 7.22. The summed E-state index contributed by atoms with van der Waals surface area (Å²) in [6.45, 7) is 5.38. The third kappa shape index (κ3) is 2.31. The highest BCUT2D eigenvalue weighted by Gasteiger charge is 2.35. The summed E-state index contributed by atoms with van der Waals surface area (Å²) in [6, 6.07) is 1.01. The van der Waals surface area contributed by atoms with Crippen molar-refractivity contribution >= 4 is 18.5 Å². The highest BCUT2D eigenvalue weighted by atomic mass is 32.1. The smallest absolute Gasteiger partial charge is 0.223 e. The first-order valence-corrected chi connectivity index (χ1v) is 6.50. The fourth-order valence-corrected chi connectivity index (χ4v) is 2.97. The zero-order valence-corrected chi connectivity index (χ0v) is 10.2. The van der Waals surface area contributed by atoms with E-state index in [2.05, 4.69) is 29.4 Å². The molecule has 2 fully saturated rings. The molecule has 86 valence electrons. The van der Waals surface area contributed by atoms with E-state index in [1.807, 2.05) is 0 Å². The Morgan fingerprint density at radius 3 is 3.00 bits per heavy atom. The standard InChI is InChI=1S/C11H20N2OS/c1-9-7-12-5-2-3-10(12)8-13(9)11(14)4-6-15/h9-10,15H,2-8H2,1H3. The maximum atomic E-state index is 11.9. The molecular weight excluding hydrogens is 208 g/mol. The minimum atomic E-state index is 0.282. The topological polar surface area (TPSA) is 23.6 Å². The van der Waals surface area contributed by atoms with E-state index in [1.165, 1.54) is 19.4 Å². The molecule has 3 nitrogen and oxygen atoms in total. The summed E-state index contributed by atoms with van der Waals surface area (Å²) in [6.07, 6.45) is 3.14. The number of nitrogens with zero attached hydrogens (tertiary/aromatic N) is 2. The summed E-state index contributed by atoms with van der Waals surface area (Å²) in [4.78, 5) is 16.5. The van der Waals surface area contributed by atoms with Gasteiger partial charge in [-0.15, -0.1) is 0 Å². The molecule has 0 aromatic heterocycles. The number of thiol groups is 1. The predicted molar refractivity (Wildman–Crippen MR) is 64.2 cm³/mol. The van der Waals surface area contributed by atoms with Crippen molar-refractivity contribution in [2.45, 2.75) is 38.3 Å². The summed E-state index contributed by atoms with van der Waals surface area (Å²) in [5, 5.41) is 0. The van der Waals surface area contributed by atoms with E-state index in [9.17, 15) is 4.79 Å². The number of carbonyl (C=O) groups is 1. The third-order valence-electron chi connectivity index (χ3n) is 3.58. The lowest BCUT2D eigenvalue weighted by Gasteiger charge is -2.42. The molecule has 0 saturated carbocycles. The number of carbonyl (C=O) groups excluding carboxylic acids is 1. The number of hydrogen-bond donors (Lipinski definition) is 1. The first kappa shape index (κ1) is 11.3. The highest BCUT2D eigenvalue weighted by Crippen LogP contribution is 2.24. The largest absolute Gasteiger partial charge is 0.337 e. The molecular formula is C11H20N2OS. The number of piperazine rings is 1. The Labute approximate surface area is 97.2 Å². The van der Waals surface area contributed by atoms with Crippen LogP contribution in [0.3, 0.4) is 0 Å². The molecule has 0 aliphatic carbocycles. The maximum absolute atomic E-state index is 11.9. The summed E-state index contributed by atoms with van der Waals surface area (Å²) in [5.41, 5.74) is 0. The van der Waals surface area contributed by atoms with Gasteiger partial charge in [-0.25, -0.2) is 0 Å². The van der Waals surface area contributed by atoms with Crippen LogP contribution in [-0.4, -0.2) is 53.2 Å². The van der Waals surface area contributed by atoms with Crippen LogP contribution in [0.15, 0.2) is 0 Å². The Morgan fingerprint density at radius 1 is 1.47 bits per heavy atom. The summed E-state index contributed by atoms with van der Waals surface area (Å²) >= 11 is 4.13. The van der Waals surface area contributed by atoms with E-state index in [-0.39, 0.29) is 5.91 Å². The second kappa shape index (κ2) is 4.74. The van der Waals surface area contributed by atoms with Crippen molar-refractivity contribution < 1.29 is 4.79 Å². The summed E-state index contributed by atoms with van der Waals surface area (Å²) in [5.74, 6) is 0.945. The zero-order valence-electron chi connectivity index (χ0n) is 9.35. The van der Waals surface area contributed by atoms with Gasteiger partial charge in [0.1, 0.15) is 0 Å². The van der Waals surface area contributed by atoms with Crippen LogP contribution in [-0.2, 0) is 4.79 Å². The Kier molecular flexibility index (Phi) is 3.57. The second-order valence-electron chi connectivity index (χ2n) is 4.66. The van der Waals surface area contributed by atoms with Crippen LogP contribution < -0.4 is 0 Å². The van der Waals surface area contributed by atoms with Crippen LogP contribution >= 0.6 is 12.6 Å². The van der Waals surface area contributed by atoms with Crippen molar-refractivity contribution in [1.29, 1.82) is 0 Å². The van der Waals surface area contributed by atoms with Crippen LogP contribution in [0.1, 0.15) is 26.2 Å². The molecule has 0 bridgehead atoms. The van der Waals surface area contributed by atoms with Gasteiger partial charge in [0, 0.05) is 31.6 Å². The minimum absolute atomic E-state index is 0.282. The summed E-state index contributed by atoms with van der Waals surface area (Å²) < 4.78 is 0. The molecule has 0 aromatic rings. The van der Waals surface area contributed by atoms with Gasteiger partial charge >= 0.3 is 0 Å². The molecule has 0 N–H and O–H groups in total. The van der Waals surface area contributed by atoms with Gasteiger partial charge < -0.3 is 4.90 Å². The van der Waals surface area contributed by atoms with E-state index < -0.39 is 0 Å². The van der Waals surface area contributed by atoms with Crippen LogP contribution in [0.4, 0.5) is 0 Å². The van der Waals surface area contributed by atoms with Crippen LogP contribution in [0.5, 0.6) is 0 Å². The first-order valence-electron chi connectivity index (χ1n) is 5.86. The van der Waals surface area contributed by atoms with Gasteiger partial charge in [-0.1, -0.05) is 0 Å². The Morgan fingerprint density at radius 2 is 2.27 bits per heavy atom. The quantitative estimate of drug-likeness (QED) is 0.713. The maximum Gasteiger partial charge on any atom is 0.223 e. The summed E-state index contributed by atoms with van der Waals surface area (Å²) in [7, 11) is 0. The highest BCUT2D eigenvalue weighted by molar-refractivity contribution is 7.80. The predicted octanol–water partition coefficient (Wildman–Crippen LogP) is 1.00. The molecule has 2 rings (SSSR count). The lowest BCUT2D eigenvalue weighted by Crippen LogP contribution is -2.56. The SMILES string of the molecule is CC1CN2CCCC2CN1C(=O)CCS. The minimum Gasteiger partial charge on any atom is -0.337 e. The van der Waals surface area contributed by atoms with Gasteiger partial charge in [0.2, 0.25) is 5.91 Å².